The molecule has 1 N–H and O–H groups in total. The molecule has 3 nitrogen and oxygen atoms in total. The smallest absolute Gasteiger partial charge is 0.446 e. The van der Waals surface area contributed by atoms with E-state index in [4.69, 9.17) is 10.4 Å². The third kappa shape index (κ3) is 3.39. The first-order valence-electron chi connectivity index (χ1n) is 4.28. The van der Waals surface area contributed by atoms with E-state index in [1.807, 2.05) is 0 Å². The van der Waals surface area contributed by atoms with Gasteiger partial charge in [0, 0.05) is 4.90 Å². The normalized spacial score (nSPS) is 11.0. The molecular weight excluding hydrogens is 255 g/mol. The van der Waals surface area contributed by atoms with Gasteiger partial charge >= 0.3 is 11.5 Å². The Morgan fingerprint density at radius 3 is 2.47 bits per heavy atom. The molecule has 0 saturated heterocycles. The molecule has 0 aliphatic carbocycles. The van der Waals surface area contributed by atoms with Crippen molar-refractivity contribution < 1.29 is 23.1 Å². The van der Waals surface area contributed by atoms with Crippen LogP contribution in [0, 0.1) is 18.3 Å². The maximum absolute atomic E-state index is 12.2. The van der Waals surface area contributed by atoms with Gasteiger partial charge in [-0.3, -0.25) is 0 Å². The van der Waals surface area contributed by atoms with Gasteiger partial charge in [0.25, 0.3) is 0 Å². The van der Waals surface area contributed by atoms with Crippen LogP contribution < -0.4 is 0 Å². The van der Waals surface area contributed by atoms with Gasteiger partial charge in [-0.2, -0.15) is 18.4 Å². The van der Waals surface area contributed by atoms with Crippen molar-refractivity contribution in [3.8, 4) is 6.07 Å². The maximum Gasteiger partial charge on any atom is 0.446 e. The van der Waals surface area contributed by atoms with Gasteiger partial charge in [0.1, 0.15) is 0 Å². The number of thioether (sulfide) groups is 1. The van der Waals surface area contributed by atoms with E-state index < -0.39 is 23.2 Å². The van der Waals surface area contributed by atoms with Gasteiger partial charge in [-0.25, -0.2) is 4.79 Å². The van der Waals surface area contributed by atoms with Gasteiger partial charge in [-0.1, -0.05) is 0 Å². The van der Waals surface area contributed by atoms with Crippen molar-refractivity contribution >= 4 is 17.7 Å². The van der Waals surface area contributed by atoms with Crippen molar-refractivity contribution in [2.45, 2.75) is 17.3 Å². The average molecular weight is 261 g/mol. The van der Waals surface area contributed by atoms with Crippen molar-refractivity contribution in [3.05, 3.63) is 28.8 Å². The Labute approximate surface area is 98.9 Å². The Bertz CT molecular complexity index is 505. The summed E-state index contributed by atoms with van der Waals surface area (Å²) in [5.74, 6) is -1.36. The number of carbonyl (C=O) groups is 1. The molecule has 0 atom stereocenters. The third-order valence-corrected chi connectivity index (χ3v) is 2.82. The molecule has 17 heavy (non-hydrogen) atoms. The zero-order chi connectivity index (χ0) is 13.2. The van der Waals surface area contributed by atoms with Crippen LogP contribution in [0.2, 0.25) is 0 Å². The molecular formula is C10H6F3NO2S. The number of benzene rings is 1. The standard InChI is InChI=1S/C10H6F3NO2S/c1-5-7(9(15)16)2-6(4-14)3-8(5)17-10(11,12)13/h2-3H,1H3,(H,15,16). The number of carboxylic acids is 1. The van der Waals surface area contributed by atoms with E-state index in [1.165, 1.54) is 6.92 Å². The summed E-state index contributed by atoms with van der Waals surface area (Å²) in [6.07, 6.45) is 0. The molecule has 0 aliphatic rings. The fourth-order valence-electron chi connectivity index (χ4n) is 1.21. The van der Waals surface area contributed by atoms with Crippen LogP contribution in [0.4, 0.5) is 13.2 Å². The molecule has 0 aliphatic heterocycles. The fraction of sp³-hybridized carbons (Fsp3) is 0.200. The molecule has 0 unspecified atom stereocenters. The highest BCUT2D eigenvalue weighted by molar-refractivity contribution is 8.00. The first-order chi connectivity index (χ1) is 7.74. The van der Waals surface area contributed by atoms with Crippen molar-refractivity contribution in [2.75, 3.05) is 0 Å². The quantitative estimate of drug-likeness (QED) is 0.830. The first kappa shape index (κ1) is 13.4. The van der Waals surface area contributed by atoms with Gasteiger partial charge < -0.3 is 5.11 Å². The zero-order valence-electron chi connectivity index (χ0n) is 8.50. The molecule has 7 heteroatoms. The number of hydrogen-bond donors (Lipinski definition) is 1. The van der Waals surface area contributed by atoms with Crippen LogP contribution in [-0.4, -0.2) is 16.6 Å². The van der Waals surface area contributed by atoms with E-state index in [-0.39, 0.29) is 21.6 Å². The molecule has 1 aromatic carbocycles. The number of aromatic carboxylic acids is 1. The van der Waals surface area contributed by atoms with Crippen molar-refractivity contribution in [2.24, 2.45) is 0 Å². The summed E-state index contributed by atoms with van der Waals surface area (Å²) in [7, 11) is 0. The summed E-state index contributed by atoms with van der Waals surface area (Å²) in [6.45, 7) is 1.28. The third-order valence-electron chi connectivity index (χ3n) is 1.95. The van der Waals surface area contributed by atoms with Gasteiger partial charge in [0.05, 0.1) is 17.2 Å². The molecule has 0 radical (unpaired) electrons. The highest BCUT2D eigenvalue weighted by atomic mass is 32.2. The number of nitriles is 1. The molecule has 0 amide bonds. The summed E-state index contributed by atoms with van der Waals surface area (Å²) in [5, 5.41) is 17.4. The van der Waals surface area contributed by atoms with Crippen LogP contribution in [-0.2, 0) is 0 Å². The fourth-order valence-corrected chi connectivity index (χ4v) is 1.90. The number of alkyl halides is 3. The predicted molar refractivity (Wildman–Crippen MR) is 54.8 cm³/mol. The van der Waals surface area contributed by atoms with Crippen molar-refractivity contribution in [1.82, 2.24) is 0 Å². The Morgan fingerprint density at radius 1 is 1.47 bits per heavy atom. The largest absolute Gasteiger partial charge is 0.478 e. The minimum Gasteiger partial charge on any atom is -0.478 e. The summed E-state index contributed by atoms with van der Waals surface area (Å²) >= 11 is -0.426. The lowest BCUT2D eigenvalue weighted by Gasteiger charge is -2.11. The monoisotopic (exact) mass is 261 g/mol. The maximum atomic E-state index is 12.2. The molecule has 0 saturated carbocycles. The second-order valence-electron chi connectivity index (χ2n) is 3.11. The number of nitrogens with zero attached hydrogens (tertiary/aromatic N) is 1. The molecule has 0 fully saturated rings. The number of halogens is 3. The lowest BCUT2D eigenvalue weighted by molar-refractivity contribution is -0.0328. The highest BCUT2D eigenvalue weighted by Gasteiger charge is 2.31. The van der Waals surface area contributed by atoms with Crippen LogP contribution in [0.15, 0.2) is 17.0 Å². The van der Waals surface area contributed by atoms with Crippen LogP contribution >= 0.6 is 11.8 Å². The zero-order valence-corrected chi connectivity index (χ0v) is 9.32. The summed E-state index contributed by atoms with van der Waals surface area (Å²) in [5.41, 5.74) is -4.93. The van der Waals surface area contributed by atoms with Crippen LogP contribution in [0.5, 0.6) is 0 Å². The minimum absolute atomic E-state index is 0.00109. The van der Waals surface area contributed by atoms with Gasteiger partial charge in [-0.05, 0) is 36.4 Å². The van der Waals surface area contributed by atoms with E-state index >= 15 is 0 Å². The molecule has 0 spiro atoms. The molecule has 0 heterocycles. The number of hydrogen-bond acceptors (Lipinski definition) is 3. The van der Waals surface area contributed by atoms with Crippen LogP contribution in [0.3, 0.4) is 0 Å². The van der Waals surface area contributed by atoms with E-state index in [9.17, 15) is 18.0 Å². The van der Waals surface area contributed by atoms with Crippen LogP contribution in [0.25, 0.3) is 0 Å². The topological polar surface area (TPSA) is 61.1 Å². The van der Waals surface area contributed by atoms with Gasteiger partial charge in [-0.15, -0.1) is 0 Å². The summed E-state index contributed by atoms with van der Waals surface area (Å²) in [4.78, 5) is 10.5. The van der Waals surface area contributed by atoms with E-state index in [0.29, 0.717) is 0 Å². The van der Waals surface area contributed by atoms with E-state index in [0.717, 1.165) is 12.1 Å². The van der Waals surface area contributed by atoms with Gasteiger partial charge in [0.15, 0.2) is 0 Å². The van der Waals surface area contributed by atoms with Crippen LogP contribution in [0.1, 0.15) is 21.5 Å². The van der Waals surface area contributed by atoms with Gasteiger partial charge in [0.2, 0.25) is 0 Å². The summed E-state index contributed by atoms with van der Waals surface area (Å²) in [6, 6.07) is 3.71. The van der Waals surface area contributed by atoms with E-state index in [2.05, 4.69) is 0 Å². The summed E-state index contributed by atoms with van der Waals surface area (Å²) < 4.78 is 36.7. The molecule has 0 bridgehead atoms. The number of rotatable bonds is 2. The SMILES string of the molecule is Cc1c(SC(F)(F)F)cc(C#N)cc1C(=O)O. The first-order valence-corrected chi connectivity index (χ1v) is 5.10. The van der Waals surface area contributed by atoms with Crippen molar-refractivity contribution in [3.63, 3.8) is 0 Å². The minimum atomic E-state index is -4.52. The molecule has 1 aromatic rings. The highest BCUT2D eigenvalue weighted by Crippen LogP contribution is 2.39. The molecule has 90 valence electrons. The Kier molecular flexibility index (Phi) is 3.68. The second-order valence-corrected chi connectivity index (χ2v) is 4.22. The Hall–Kier alpha value is -1.68. The molecule has 0 aromatic heterocycles. The van der Waals surface area contributed by atoms with E-state index in [1.54, 1.807) is 6.07 Å². The van der Waals surface area contributed by atoms with Crippen molar-refractivity contribution in [1.29, 1.82) is 5.26 Å². The molecule has 1 rings (SSSR count). The lowest BCUT2D eigenvalue weighted by Crippen LogP contribution is -2.05. The predicted octanol–water partition coefficient (Wildman–Crippen LogP) is 3.18. The average Bonchev–Trinajstić information content (AvgIpc) is 2.18. The Morgan fingerprint density at radius 2 is 2.06 bits per heavy atom. The Balaban J connectivity index is 3.35. The number of carboxylic acid groups (broad SMARTS) is 1. The second kappa shape index (κ2) is 4.67. The lowest BCUT2D eigenvalue weighted by atomic mass is 10.1.